The highest BCUT2D eigenvalue weighted by molar-refractivity contribution is 8.05. The van der Waals surface area contributed by atoms with E-state index in [1.807, 2.05) is 5.40 Å². The van der Waals surface area contributed by atoms with Crippen molar-refractivity contribution in [3.63, 3.8) is 0 Å². The fraction of sp³-hybridized carbons (Fsp3) is 0.222. The minimum absolute atomic E-state index is 0.286. The van der Waals surface area contributed by atoms with Crippen LogP contribution in [0.25, 0.3) is 0 Å². The van der Waals surface area contributed by atoms with Gasteiger partial charge in [0.25, 0.3) is 0 Å². The summed E-state index contributed by atoms with van der Waals surface area (Å²) in [6.45, 7) is 1.99. The fourth-order valence-electron chi connectivity index (χ4n) is 0.895. The van der Waals surface area contributed by atoms with Gasteiger partial charge < -0.3 is 4.74 Å². The van der Waals surface area contributed by atoms with Crippen LogP contribution < -0.4 is 0 Å². The lowest BCUT2D eigenvalue weighted by molar-refractivity contribution is 0.0532. The monoisotopic (exact) mass is 241 g/mol. The maximum Gasteiger partial charge on any atom is 0.348 e. The molecule has 0 fully saturated rings. The van der Waals surface area contributed by atoms with Crippen molar-refractivity contribution >= 4 is 35.4 Å². The summed E-state index contributed by atoms with van der Waals surface area (Å²) in [4.78, 5) is 22.3. The first-order valence-corrected chi connectivity index (χ1v) is 5.68. The molecule has 6 heteroatoms. The van der Waals surface area contributed by atoms with Gasteiger partial charge in [-0.2, -0.15) is 5.26 Å². The third-order valence-electron chi connectivity index (χ3n) is 1.47. The molecule has 0 aliphatic carbocycles. The van der Waals surface area contributed by atoms with Gasteiger partial charge in [0.05, 0.1) is 10.8 Å². The van der Waals surface area contributed by atoms with Crippen LogP contribution in [-0.2, 0) is 4.74 Å². The van der Waals surface area contributed by atoms with E-state index in [1.165, 1.54) is 6.07 Å². The van der Waals surface area contributed by atoms with Crippen LogP contribution in [0.5, 0.6) is 0 Å². The Balaban J connectivity index is 2.97. The third-order valence-corrected chi connectivity index (χ3v) is 3.40. The lowest BCUT2D eigenvalue weighted by Crippen LogP contribution is -2.01. The molecule has 0 spiro atoms. The molecule has 0 aromatic carbocycles. The van der Waals surface area contributed by atoms with Crippen molar-refractivity contribution in [3.05, 3.63) is 16.5 Å². The fourth-order valence-corrected chi connectivity index (χ4v) is 2.50. The molecule has 0 aliphatic heterocycles. The summed E-state index contributed by atoms with van der Waals surface area (Å²) < 4.78 is 5.31. The number of thiophene rings is 1. The highest BCUT2D eigenvalue weighted by Crippen LogP contribution is 2.30. The number of rotatable bonds is 4. The van der Waals surface area contributed by atoms with E-state index in [2.05, 4.69) is 0 Å². The van der Waals surface area contributed by atoms with E-state index in [4.69, 9.17) is 10.00 Å². The molecule has 0 aliphatic rings. The molecule has 0 saturated heterocycles. The van der Waals surface area contributed by atoms with Gasteiger partial charge in [0.15, 0.2) is 6.29 Å². The summed E-state index contributed by atoms with van der Waals surface area (Å²) in [5.74, 6) is -0.463. The Hall–Kier alpha value is -1.32. The largest absolute Gasteiger partial charge is 0.462 e. The van der Waals surface area contributed by atoms with Crippen LogP contribution in [0.4, 0.5) is 0 Å². The molecule has 0 amide bonds. The minimum atomic E-state index is -0.463. The number of thioether (sulfide) groups is 1. The highest BCUT2D eigenvalue weighted by Gasteiger charge is 2.15. The van der Waals surface area contributed by atoms with Crippen LogP contribution in [0.1, 0.15) is 27.0 Å². The lowest BCUT2D eigenvalue weighted by Gasteiger charge is -1.95. The van der Waals surface area contributed by atoms with Gasteiger partial charge in [-0.3, -0.25) is 4.79 Å². The Bertz CT molecular complexity index is 419. The van der Waals surface area contributed by atoms with Gasteiger partial charge in [0.2, 0.25) is 0 Å². The van der Waals surface area contributed by atoms with Crippen LogP contribution in [0.3, 0.4) is 0 Å². The molecule has 1 heterocycles. The molecule has 78 valence electrons. The number of nitrogens with zero attached hydrogens (tertiary/aromatic N) is 1. The number of aldehydes is 1. The molecule has 0 N–H and O–H groups in total. The first kappa shape index (κ1) is 11.8. The number of nitriles is 1. The van der Waals surface area contributed by atoms with Crippen molar-refractivity contribution in [1.29, 1.82) is 5.26 Å². The third kappa shape index (κ3) is 2.81. The standard InChI is InChI=1S/C9H7NO3S2/c1-2-13-8(12)7-3-6(4-11)9(15-7)14-5-10/h3-4H,2H2,1H3. The first-order chi connectivity index (χ1) is 7.22. The average molecular weight is 241 g/mol. The summed E-state index contributed by atoms with van der Waals surface area (Å²) in [7, 11) is 0. The van der Waals surface area contributed by atoms with Crippen molar-refractivity contribution in [3.8, 4) is 5.40 Å². The number of esters is 1. The van der Waals surface area contributed by atoms with E-state index in [9.17, 15) is 9.59 Å². The Morgan fingerprint density at radius 2 is 2.53 bits per heavy atom. The number of carbonyl (C=O) groups excluding carboxylic acids is 2. The molecule has 0 unspecified atom stereocenters. The molecule has 1 rings (SSSR count). The molecule has 0 bridgehead atoms. The van der Waals surface area contributed by atoms with Crippen molar-refractivity contribution in [1.82, 2.24) is 0 Å². The Morgan fingerprint density at radius 3 is 3.07 bits per heavy atom. The van der Waals surface area contributed by atoms with Gasteiger partial charge in [0, 0.05) is 17.3 Å². The second kappa shape index (κ2) is 5.53. The maximum absolute atomic E-state index is 11.3. The second-order valence-electron chi connectivity index (χ2n) is 2.39. The molecule has 1 aromatic rings. The van der Waals surface area contributed by atoms with E-state index >= 15 is 0 Å². The Morgan fingerprint density at radius 1 is 1.80 bits per heavy atom. The average Bonchev–Trinajstić information content (AvgIpc) is 2.62. The molecule has 4 nitrogen and oxygen atoms in total. The van der Waals surface area contributed by atoms with Crippen LogP contribution in [0.15, 0.2) is 10.3 Å². The van der Waals surface area contributed by atoms with E-state index in [0.29, 0.717) is 20.9 Å². The smallest absolute Gasteiger partial charge is 0.348 e. The van der Waals surface area contributed by atoms with Crippen molar-refractivity contribution in [2.24, 2.45) is 0 Å². The number of carbonyl (C=O) groups is 2. The van der Waals surface area contributed by atoms with Crippen molar-refractivity contribution in [2.45, 2.75) is 11.1 Å². The molecule has 0 atom stereocenters. The molecule has 15 heavy (non-hydrogen) atoms. The number of thiocyanates is 1. The van der Waals surface area contributed by atoms with Gasteiger partial charge >= 0.3 is 5.97 Å². The van der Waals surface area contributed by atoms with Crippen molar-refractivity contribution in [2.75, 3.05) is 6.61 Å². The molecule has 0 radical (unpaired) electrons. The second-order valence-corrected chi connectivity index (χ2v) is 4.49. The van der Waals surface area contributed by atoms with Gasteiger partial charge in [-0.1, -0.05) is 0 Å². The topological polar surface area (TPSA) is 67.2 Å². The van der Waals surface area contributed by atoms with E-state index in [-0.39, 0.29) is 6.61 Å². The zero-order valence-corrected chi connectivity index (χ0v) is 9.48. The van der Waals surface area contributed by atoms with Gasteiger partial charge in [0.1, 0.15) is 10.3 Å². The van der Waals surface area contributed by atoms with Crippen molar-refractivity contribution < 1.29 is 14.3 Å². The zero-order chi connectivity index (χ0) is 11.3. The van der Waals surface area contributed by atoms with Crippen LogP contribution in [0.2, 0.25) is 0 Å². The summed E-state index contributed by atoms with van der Waals surface area (Å²) >= 11 is 1.96. The predicted molar refractivity (Wildman–Crippen MR) is 57.1 cm³/mol. The summed E-state index contributed by atoms with van der Waals surface area (Å²) in [5.41, 5.74) is 0.356. The number of ether oxygens (including phenoxy) is 1. The molecular weight excluding hydrogens is 234 g/mol. The minimum Gasteiger partial charge on any atom is -0.462 e. The Kier molecular flexibility index (Phi) is 4.34. The van der Waals surface area contributed by atoms with Gasteiger partial charge in [-0.05, 0) is 13.0 Å². The van der Waals surface area contributed by atoms with Crippen LogP contribution >= 0.6 is 23.1 Å². The van der Waals surface area contributed by atoms with Gasteiger partial charge in [-0.15, -0.1) is 11.3 Å². The molecule has 1 aromatic heterocycles. The van der Waals surface area contributed by atoms with Gasteiger partial charge in [-0.25, -0.2) is 4.79 Å². The SMILES string of the molecule is CCOC(=O)c1cc(C=O)c(SC#N)s1. The summed E-state index contributed by atoms with van der Waals surface area (Å²) in [5, 5.41) is 10.3. The Labute approximate surface area is 94.8 Å². The summed E-state index contributed by atoms with van der Waals surface area (Å²) in [6, 6.07) is 1.44. The van der Waals surface area contributed by atoms with Crippen LogP contribution in [0, 0.1) is 10.7 Å². The number of hydrogen-bond donors (Lipinski definition) is 0. The predicted octanol–water partition coefficient (Wildman–Crippen LogP) is 2.31. The quantitative estimate of drug-likeness (QED) is 0.350. The zero-order valence-electron chi connectivity index (χ0n) is 7.85. The van der Waals surface area contributed by atoms with E-state index in [1.54, 1.807) is 6.92 Å². The summed E-state index contributed by atoms with van der Waals surface area (Å²) in [6.07, 6.45) is 0.624. The molecular formula is C9H7NO3S2. The molecule has 0 saturated carbocycles. The normalized spacial score (nSPS) is 9.33. The lowest BCUT2D eigenvalue weighted by atomic mass is 10.3. The first-order valence-electron chi connectivity index (χ1n) is 4.05. The highest BCUT2D eigenvalue weighted by atomic mass is 32.2. The maximum atomic E-state index is 11.3. The van der Waals surface area contributed by atoms with E-state index in [0.717, 1.165) is 23.1 Å². The number of hydrogen-bond acceptors (Lipinski definition) is 6. The van der Waals surface area contributed by atoms with E-state index < -0.39 is 5.97 Å². The van der Waals surface area contributed by atoms with Crippen LogP contribution in [-0.4, -0.2) is 18.9 Å².